The van der Waals surface area contributed by atoms with Crippen LogP contribution in [0.4, 0.5) is 5.69 Å². The van der Waals surface area contributed by atoms with Gasteiger partial charge in [-0.1, -0.05) is 60.7 Å². The second-order valence-electron chi connectivity index (χ2n) is 14.7. The van der Waals surface area contributed by atoms with Crippen LogP contribution in [0.5, 0.6) is 0 Å². The van der Waals surface area contributed by atoms with Crippen molar-refractivity contribution in [3.05, 3.63) is 131 Å². The number of benzene rings is 3. The second kappa shape index (κ2) is 20.4. The summed E-state index contributed by atoms with van der Waals surface area (Å²) in [5.41, 5.74) is 4.97. The number of methoxy groups -OCH3 is 2. The molecule has 5 rings (SSSR count). The van der Waals surface area contributed by atoms with E-state index in [0.717, 1.165) is 33.4 Å². The molecule has 0 saturated heterocycles. The van der Waals surface area contributed by atoms with Crippen LogP contribution < -0.4 is 14.8 Å². The van der Waals surface area contributed by atoms with Gasteiger partial charge in [0, 0.05) is 61.2 Å². The Hall–Kier alpha value is -5.16. The van der Waals surface area contributed by atoms with Gasteiger partial charge in [-0.15, -0.1) is 0 Å². The molecule has 0 fully saturated rings. The fraction of sp³-hybridized carbons (Fsp3) is 0.333. The first-order chi connectivity index (χ1) is 28.6. The molecule has 0 bridgehead atoms. The molecule has 2 heterocycles. The quantitative estimate of drug-likeness (QED) is 0.0471. The molecule has 60 heavy (non-hydrogen) atoms. The van der Waals surface area contributed by atoms with Crippen LogP contribution in [0.1, 0.15) is 49.5 Å². The average Bonchev–Trinajstić information content (AvgIpc) is 3.42. The molecule has 1 atom stereocenters. The Kier molecular flexibility index (Phi) is 15.6. The lowest BCUT2D eigenvalue weighted by Gasteiger charge is -2.30. The predicted molar refractivity (Wildman–Crippen MR) is 233 cm³/mol. The van der Waals surface area contributed by atoms with Crippen molar-refractivity contribution < 1.29 is 49.7 Å². The lowest BCUT2D eigenvalue weighted by Crippen LogP contribution is -2.35. The zero-order valence-electron chi connectivity index (χ0n) is 34.3. The zero-order chi connectivity index (χ0) is 43.5. The van der Waals surface area contributed by atoms with Gasteiger partial charge in [0.25, 0.3) is 20.2 Å². The van der Waals surface area contributed by atoms with E-state index in [1.165, 1.54) is 12.1 Å². The van der Waals surface area contributed by atoms with Crippen molar-refractivity contribution in [3.8, 4) is 22.5 Å². The zero-order valence-corrected chi connectivity index (χ0v) is 35.9. The Bertz CT molecular complexity index is 2530. The van der Waals surface area contributed by atoms with Crippen LogP contribution in [0.15, 0.2) is 118 Å². The maximum Gasteiger partial charge on any atom is 0.303 e. The molecule has 2 aromatic rings. The first kappa shape index (κ1) is 45.9. The van der Waals surface area contributed by atoms with Crippen LogP contribution in [0.2, 0.25) is 0 Å². The van der Waals surface area contributed by atoms with Gasteiger partial charge in [0.2, 0.25) is 5.36 Å². The van der Waals surface area contributed by atoms with E-state index in [9.17, 15) is 35.8 Å². The molecule has 2 aliphatic heterocycles. The predicted octanol–water partition coefficient (Wildman–Crippen LogP) is 6.99. The molecule has 0 spiro atoms. The number of hydrogen-bond acceptors (Lipinski definition) is 9. The van der Waals surface area contributed by atoms with E-state index in [1.807, 2.05) is 73.4 Å². The molecule has 13 nitrogen and oxygen atoms in total. The van der Waals surface area contributed by atoms with E-state index in [0.29, 0.717) is 55.4 Å². The second-order valence-corrected chi connectivity index (χ2v) is 17.7. The van der Waals surface area contributed by atoms with Crippen LogP contribution >= 0.6 is 0 Å². The van der Waals surface area contributed by atoms with Crippen molar-refractivity contribution in [2.24, 2.45) is 0 Å². The van der Waals surface area contributed by atoms with Crippen molar-refractivity contribution in [2.75, 3.05) is 57.7 Å². The maximum atomic E-state index is 12.2. The van der Waals surface area contributed by atoms with E-state index >= 15 is 0 Å². The van der Waals surface area contributed by atoms with Crippen molar-refractivity contribution >= 4 is 38.0 Å². The Morgan fingerprint density at radius 2 is 1.57 bits per heavy atom. The highest BCUT2D eigenvalue weighted by Crippen LogP contribution is 2.51. The number of allylic oxidation sites excluding steroid dienone is 7. The molecule has 15 heteroatoms. The van der Waals surface area contributed by atoms with E-state index in [1.54, 1.807) is 32.4 Å². The van der Waals surface area contributed by atoms with E-state index in [-0.39, 0.29) is 30.7 Å². The number of fused-ring (bicyclic) bond motifs is 2. The number of aliphatic carboxylic acids is 1. The van der Waals surface area contributed by atoms with Gasteiger partial charge in [0.05, 0.1) is 16.7 Å². The number of ether oxygens (including phenoxy) is 2. The van der Waals surface area contributed by atoms with Crippen molar-refractivity contribution in [3.63, 3.8) is 0 Å². The van der Waals surface area contributed by atoms with Gasteiger partial charge in [0.1, 0.15) is 24.7 Å². The molecule has 0 radical (unpaired) electrons. The lowest BCUT2D eigenvalue weighted by molar-refractivity contribution is -0.137. The smallest absolute Gasteiger partial charge is 0.303 e. The van der Waals surface area contributed by atoms with E-state index in [4.69, 9.17) is 13.9 Å². The maximum absolute atomic E-state index is 12.2. The fourth-order valence-corrected chi connectivity index (χ4v) is 8.60. The van der Waals surface area contributed by atoms with E-state index in [2.05, 4.69) is 28.8 Å². The number of carboxylic acid groups (broad SMARTS) is 1. The van der Waals surface area contributed by atoms with Crippen LogP contribution in [-0.4, -0.2) is 89.8 Å². The molecule has 1 aliphatic carbocycles. The van der Waals surface area contributed by atoms with Gasteiger partial charge >= 0.3 is 5.97 Å². The highest BCUT2D eigenvalue weighted by molar-refractivity contribution is 7.86. The minimum atomic E-state index is -4.56. The first-order valence-electron chi connectivity index (χ1n) is 19.5. The van der Waals surface area contributed by atoms with Crippen LogP contribution in [0.25, 0.3) is 28.5 Å². The molecule has 2 aromatic carbocycles. The minimum Gasteiger partial charge on any atom is -0.481 e. The van der Waals surface area contributed by atoms with Gasteiger partial charge in [0.15, 0.2) is 13.1 Å². The monoisotopic (exact) mass is 861 g/mol. The first-order valence-corrected chi connectivity index (χ1v) is 22.6. The summed E-state index contributed by atoms with van der Waals surface area (Å²) in [6.45, 7) is 6.53. The third-order valence-electron chi connectivity index (χ3n) is 10.6. The van der Waals surface area contributed by atoms with Crippen LogP contribution in [0.3, 0.4) is 0 Å². The Labute approximate surface area is 352 Å². The molecule has 0 aromatic heterocycles. The molecule has 3 aliphatic rings. The lowest BCUT2D eigenvalue weighted by atomic mass is 9.77. The average molecular weight is 862 g/mol. The summed E-state index contributed by atoms with van der Waals surface area (Å²) in [5.74, 6) is -0.0676. The summed E-state index contributed by atoms with van der Waals surface area (Å²) in [5, 5.41) is 10.4. The number of anilines is 1. The number of carbonyl (C=O) groups is 1. The summed E-state index contributed by atoms with van der Waals surface area (Å²) in [6.07, 6.45) is 13.4. The highest BCUT2D eigenvalue weighted by atomic mass is 32.2. The summed E-state index contributed by atoms with van der Waals surface area (Å²) in [4.78, 5) is 13.0. The van der Waals surface area contributed by atoms with Gasteiger partial charge in [-0.3, -0.25) is 13.9 Å². The SMILES string of the molecule is COCC[N+](CCOC)=c1ccc2c(-c3ccccc3)c(C)c(/C=C/C=C/C=C/C=C3/N(CCCS(=O)(=O)O)c4ccc(S(=O)(=O)O)cc4C3(C)CCCC(=O)O)oc-2c1. The highest BCUT2D eigenvalue weighted by Gasteiger charge is 2.43. The molecular formula is C45H53N2O11S2+. The number of carboxylic acids is 1. The van der Waals surface area contributed by atoms with Crippen molar-refractivity contribution in [2.45, 2.75) is 49.8 Å². The molecule has 1 unspecified atom stereocenters. The van der Waals surface area contributed by atoms with Crippen LogP contribution in [0, 0.1) is 6.92 Å². The van der Waals surface area contributed by atoms with E-state index < -0.39 is 37.4 Å². The van der Waals surface area contributed by atoms with Gasteiger partial charge in [-0.05, 0) is 86.2 Å². The number of rotatable bonds is 20. The third-order valence-corrected chi connectivity index (χ3v) is 12.2. The Morgan fingerprint density at radius 3 is 2.22 bits per heavy atom. The van der Waals surface area contributed by atoms with Gasteiger partial charge < -0.3 is 23.9 Å². The fourth-order valence-electron chi connectivity index (χ4n) is 7.60. The molecule has 0 saturated carbocycles. The summed E-state index contributed by atoms with van der Waals surface area (Å²) >= 11 is 0. The topological polar surface area (TPSA) is 184 Å². The summed E-state index contributed by atoms with van der Waals surface area (Å²) < 4.78 is 86.3. The third kappa shape index (κ3) is 11.6. The molecule has 3 N–H and O–H groups in total. The normalized spacial score (nSPS) is 16.6. The minimum absolute atomic E-state index is 0.0573. The van der Waals surface area contributed by atoms with Crippen LogP contribution in [-0.2, 0) is 39.9 Å². The standard InChI is InChI=1S/C45H52N2O11S2/c1-33-40(58-41-31-35(46(26-28-56-3)27-29-57-4)20-22-37(41)44(33)34-15-9-8-10-16-34)17-11-6-5-7-12-18-42-45(2,24-13-19-43(48)49)38-32-36(60(53,54)55)21-23-39(38)47(42)25-14-30-59(50,51)52/h5-12,15-18,20-23,31-32H,13-14,19,24-30H2,1-4H3,(H2-,48,49,50,51,52,53,54,55)/p+1. The number of nitrogens with zero attached hydrogens (tertiary/aromatic N) is 2. The van der Waals surface area contributed by atoms with Crippen molar-refractivity contribution in [1.29, 1.82) is 0 Å². The Morgan fingerprint density at radius 1 is 0.883 bits per heavy atom. The summed E-state index contributed by atoms with van der Waals surface area (Å²) in [7, 11) is -5.46. The molecular weight excluding hydrogens is 809 g/mol. The number of hydrogen-bond donors (Lipinski definition) is 3. The molecule has 0 amide bonds. The molecule has 320 valence electrons. The van der Waals surface area contributed by atoms with Crippen molar-refractivity contribution in [1.82, 2.24) is 4.58 Å². The Balaban J connectivity index is 1.51. The van der Waals surface area contributed by atoms with Gasteiger partial charge in [-0.25, -0.2) is 4.58 Å². The van der Waals surface area contributed by atoms with Gasteiger partial charge in [-0.2, -0.15) is 16.8 Å². The largest absolute Gasteiger partial charge is 0.481 e. The summed E-state index contributed by atoms with van der Waals surface area (Å²) in [6, 6.07) is 20.6.